The standard InChI is InChI=1S/C19H24FN3O2/c1-12-18(13(2)22(4)21-12)11-23(16-8-9-16)19(24)14(3)25-17-7-5-6-15(20)10-17/h5-7,10,14,16H,8-9,11H2,1-4H3/t14-/m1/s1. The zero-order chi connectivity index (χ0) is 18.1. The number of ether oxygens (including phenoxy) is 1. The second kappa shape index (κ2) is 6.86. The SMILES string of the molecule is Cc1nn(C)c(C)c1CN(C(=O)[C@@H](C)Oc1cccc(F)c1)C1CC1. The topological polar surface area (TPSA) is 47.4 Å². The fourth-order valence-corrected chi connectivity index (χ4v) is 3.02. The third kappa shape index (κ3) is 3.83. The van der Waals surface area contributed by atoms with Gasteiger partial charge in [0.1, 0.15) is 11.6 Å². The molecular formula is C19H24FN3O2. The largest absolute Gasteiger partial charge is 0.481 e. The molecule has 0 spiro atoms. The van der Waals surface area contributed by atoms with Crippen LogP contribution in [0.2, 0.25) is 0 Å². The number of carbonyl (C=O) groups is 1. The van der Waals surface area contributed by atoms with Crippen LogP contribution in [0, 0.1) is 19.7 Å². The molecule has 1 saturated carbocycles. The fraction of sp³-hybridized carbons (Fsp3) is 0.474. The molecule has 6 heteroatoms. The van der Waals surface area contributed by atoms with Crippen molar-refractivity contribution in [1.29, 1.82) is 0 Å². The molecule has 5 nitrogen and oxygen atoms in total. The average molecular weight is 345 g/mol. The summed E-state index contributed by atoms with van der Waals surface area (Å²) < 4.78 is 20.8. The Labute approximate surface area is 147 Å². The summed E-state index contributed by atoms with van der Waals surface area (Å²) in [7, 11) is 1.91. The number of hydrogen-bond acceptors (Lipinski definition) is 3. The van der Waals surface area contributed by atoms with E-state index in [1.807, 2.05) is 30.5 Å². The maximum Gasteiger partial charge on any atom is 0.263 e. The molecule has 0 radical (unpaired) electrons. The van der Waals surface area contributed by atoms with Gasteiger partial charge in [-0.25, -0.2) is 4.39 Å². The van der Waals surface area contributed by atoms with E-state index in [1.165, 1.54) is 12.1 Å². The number of aromatic nitrogens is 2. The highest BCUT2D eigenvalue weighted by Crippen LogP contribution is 2.30. The number of hydrogen-bond donors (Lipinski definition) is 0. The maximum absolute atomic E-state index is 13.3. The monoisotopic (exact) mass is 345 g/mol. The van der Waals surface area contributed by atoms with Crippen LogP contribution in [0.25, 0.3) is 0 Å². The predicted octanol–water partition coefficient (Wildman–Crippen LogP) is 3.13. The molecule has 0 saturated heterocycles. The van der Waals surface area contributed by atoms with Gasteiger partial charge >= 0.3 is 0 Å². The molecular weight excluding hydrogens is 321 g/mol. The minimum absolute atomic E-state index is 0.0746. The van der Waals surface area contributed by atoms with Gasteiger partial charge in [-0.05, 0) is 45.7 Å². The first-order chi connectivity index (χ1) is 11.9. The molecule has 25 heavy (non-hydrogen) atoms. The zero-order valence-electron chi connectivity index (χ0n) is 15.1. The van der Waals surface area contributed by atoms with Crippen LogP contribution in [0.3, 0.4) is 0 Å². The second-order valence-corrected chi connectivity index (χ2v) is 6.69. The van der Waals surface area contributed by atoms with E-state index in [0.717, 1.165) is 29.8 Å². The highest BCUT2D eigenvalue weighted by molar-refractivity contribution is 5.81. The minimum atomic E-state index is -0.667. The van der Waals surface area contributed by atoms with Crippen molar-refractivity contribution in [2.75, 3.05) is 0 Å². The molecule has 134 valence electrons. The summed E-state index contributed by atoms with van der Waals surface area (Å²) >= 11 is 0. The first-order valence-electron chi connectivity index (χ1n) is 8.58. The molecule has 0 aliphatic heterocycles. The molecule has 3 rings (SSSR count). The zero-order valence-corrected chi connectivity index (χ0v) is 15.1. The normalized spacial score (nSPS) is 15.1. The van der Waals surface area contributed by atoms with Crippen LogP contribution >= 0.6 is 0 Å². The third-order valence-electron chi connectivity index (χ3n) is 4.71. The Hall–Kier alpha value is -2.37. The Kier molecular flexibility index (Phi) is 4.79. The smallest absolute Gasteiger partial charge is 0.263 e. The van der Waals surface area contributed by atoms with E-state index in [9.17, 15) is 9.18 Å². The second-order valence-electron chi connectivity index (χ2n) is 6.69. The molecule has 1 heterocycles. The van der Waals surface area contributed by atoms with Gasteiger partial charge in [0, 0.05) is 37.0 Å². The Bertz CT molecular complexity index is 783. The highest BCUT2D eigenvalue weighted by Gasteiger charge is 2.36. The summed E-state index contributed by atoms with van der Waals surface area (Å²) in [6.45, 7) is 6.22. The van der Waals surface area contributed by atoms with E-state index in [0.29, 0.717) is 12.3 Å². The lowest BCUT2D eigenvalue weighted by atomic mass is 10.1. The van der Waals surface area contributed by atoms with Gasteiger partial charge in [0.05, 0.1) is 5.69 Å². The van der Waals surface area contributed by atoms with Gasteiger partial charge in [-0.1, -0.05) is 6.07 Å². The quantitative estimate of drug-likeness (QED) is 0.808. The third-order valence-corrected chi connectivity index (χ3v) is 4.71. The van der Waals surface area contributed by atoms with Crippen LogP contribution in [0.4, 0.5) is 4.39 Å². The lowest BCUT2D eigenvalue weighted by Gasteiger charge is -2.26. The summed E-state index contributed by atoms with van der Waals surface area (Å²) in [6, 6.07) is 6.13. The van der Waals surface area contributed by atoms with E-state index in [2.05, 4.69) is 5.10 Å². The average Bonchev–Trinajstić information content (AvgIpc) is 3.35. The summed E-state index contributed by atoms with van der Waals surface area (Å²) in [5.74, 6) is -0.0856. The van der Waals surface area contributed by atoms with Gasteiger partial charge in [0.15, 0.2) is 6.10 Å². The number of aryl methyl sites for hydroxylation is 2. The molecule has 1 aliphatic rings. The van der Waals surface area contributed by atoms with Gasteiger partial charge < -0.3 is 9.64 Å². The van der Waals surface area contributed by atoms with Crippen LogP contribution in [-0.4, -0.2) is 32.7 Å². The lowest BCUT2D eigenvalue weighted by molar-refractivity contribution is -0.139. The van der Waals surface area contributed by atoms with E-state index >= 15 is 0 Å². The van der Waals surface area contributed by atoms with Gasteiger partial charge in [0.2, 0.25) is 0 Å². The molecule has 1 aliphatic carbocycles. The first kappa shape index (κ1) is 17.5. The Morgan fingerprint density at radius 3 is 2.72 bits per heavy atom. The minimum Gasteiger partial charge on any atom is -0.481 e. The molecule has 1 atom stereocenters. The van der Waals surface area contributed by atoms with Crippen molar-refractivity contribution in [2.24, 2.45) is 7.05 Å². The van der Waals surface area contributed by atoms with E-state index in [4.69, 9.17) is 4.74 Å². The number of amides is 1. The number of rotatable bonds is 6. The Morgan fingerprint density at radius 1 is 1.44 bits per heavy atom. The summed E-state index contributed by atoms with van der Waals surface area (Å²) in [5.41, 5.74) is 3.09. The van der Waals surface area contributed by atoms with Gasteiger partial charge in [-0.2, -0.15) is 5.10 Å². The molecule has 1 aromatic carbocycles. The summed E-state index contributed by atoms with van der Waals surface area (Å²) in [4.78, 5) is 14.8. The number of benzene rings is 1. The van der Waals surface area contributed by atoms with Gasteiger partial charge in [-0.15, -0.1) is 0 Å². The van der Waals surface area contributed by atoms with Crippen molar-refractivity contribution in [2.45, 2.75) is 52.3 Å². The number of nitrogens with zero attached hydrogens (tertiary/aromatic N) is 3. The van der Waals surface area contributed by atoms with Crippen molar-refractivity contribution in [1.82, 2.24) is 14.7 Å². The fourth-order valence-electron chi connectivity index (χ4n) is 3.02. The van der Waals surface area contributed by atoms with E-state index < -0.39 is 6.10 Å². The van der Waals surface area contributed by atoms with Crippen LogP contribution in [-0.2, 0) is 18.4 Å². The summed E-state index contributed by atoms with van der Waals surface area (Å²) in [5, 5.41) is 4.43. The molecule has 0 bridgehead atoms. The number of halogens is 1. The van der Waals surface area contributed by atoms with Crippen LogP contribution < -0.4 is 4.74 Å². The van der Waals surface area contributed by atoms with Gasteiger partial charge in [-0.3, -0.25) is 9.48 Å². The molecule has 0 unspecified atom stereocenters. The summed E-state index contributed by atoms with van der Waals surface area (Å²) in [6.07, 6.45) is 1.35. The van der Waals surface area contributed by atoms with E-state index in [1.54, 1.807) is 19.1 Å². The molecule has 1 aromatic heterocycles. The Morgan fingerprint density at radius 2 is 2.16 bits per heavy atom. The van der Waals surface area contributed by atoms with Crippen LogP contribution in [0.1, 0.15) is 36.7 Å². The predicted molar refractivity (Wildman–Crippen MR) is 92.7 cm³/mol. The molecule has 2 aromatic rings. The lowest BCUT2D eigenvalue weighted by Crippen LogP contribution is -2.41. The molecule has 1 amide bonds. The van der Waals surface area contributed by atoms with Crippen molar-refractivity contribution < 1.29 is 13.9 Å². The van der Waals surface area contributed by atoms with Crippen molar-refractivity contribution >= 4 is 5.91 Å². The first-order valence-corrected chi connectivity index (χ1v) is 8.58. The van der Waals surface area contributed by atoms with Crippen LogP contribution in [0.5, 0.6) is 5.75 Å². The van der Waals surface area contributed by atoms with Gasteiger partial charge in [0.25, 0.3) is 5.91 Å². The maximum atomic E-state index is 13.3. The Balaban J connectivity index is 1.74. The van der Waals surface area contributed by atoms with E-state index in [-0.39, 0.29) is 17.8 Å². The molecule has 1 fully saturated rings. The number of carbonyl (C=O) groups excluding carboxylic acids is 1. The van der Waals surface area contributed by atoms with Crippen molar-refractivity contribution in [3.63, 3.8) is 0 Å². The van der Waals surface area contributed by atoms with Crippen molar-refractivity contribution in [3.8, 4) is 5.75 Å². The molecule has 0 N–H and O–H groups in total. The highest BCUT2D eigenvalue weighted by atomic mass is 19.1. The van der Waals surface area contributed by atoms with Crippen molar-refractivity contribution in [3.05, 3.63) is 47.0 Å². The van der Waals surface area contributed by atoms with Crippen LogP contribution in [0.15, 0.2) is 24.3 Å².